The van der Waals surface area contributed by atoms with Crippen molar-refractivity contribution in [3.8, 4) is 0 Å². The van der Waals surface area contributed by atoms with E-state index < -0.39 is 18.0 Å². The Morgan fingerprint density at radius 2 is 2.15 bits per heavy atom. The molecule has 1 aromatic carbocycles. The minimum absolute atomic E-state index is 0.0307. The van der Waals surface area contributed by atoms with Crippen molar-refractivity contribution in [1.82, 2.24) is 4.90 Å². The largest absolute Gasteiger partial charge is 0.480 e. The fourth-order valence-corrected chi connectivity index (χ4v) is 2.28. The number of amides is 2. The molecule has 8 heteroatoms. The van der Waals surface area contributed by atoms with E-state index in [2.05, 4.69) is 5.32 Å². The van der Waals surface area contributed by atoms with Gasteiger partial charge in [-0.05, 0) is 18.2 Å². The van der Waals surface area contributed by atoms with Crippen molar-refractivity contribution >= 4 is 40.9 Å². The number of urea groups is 1. The highest BCUT2D eigenvalue weighted by molar-refractivity contribution is 6.36. The van der Waals surface area contributed by atoms with Gasteiger partial charge < -0.3 is 20.1 Å². The Balaban J connectivity index is 2.12. The Labute approximate surface area is 125 Å². The highest BCUT2D eigenvalue weighted by Crippen LogP contribution is 2.26. The van der Waals surface area contributed by atoms with Gasteiger partial charge in [0, 0.05) is 11.6 Å². The summed E-state index contributed by atoms with van der Waals surface area (Å²) < 4.78 is 5.07. The highest BCUT2D eigenvalue weighted by atomic mass is 35.5. The number of benzene rings is 1. The van der Waals surface area contributed by atoms with Crippen LogP contribution in [0.5, 0.6) is 0 Å². The Hall–Kier alpha value is -1.50. The van der Waals surface area contributed by atoms with Gasteiger partial charge in [0.15, 0.2) is 6.04 Å². The van der Waals surface area contributed by atoms with Crippen molar-refractivity contribution in [2.45, 2.75) is 6.04 Å². The van der Waals surface area contributed by atoms with E-state index >= 15 is 0 Å². The standard InChI is InChI=1S/C12H12Cl2N2O4/c13-7-1-2-9(8(14)5-7)15-12(19)16-3-4-20-6-10(16)11(17)18/h1-2,5,10H,3-4,6H2,(H,15,19)(H,17,18). The number of anilines is 1. The monoisotopic (exact) mass is 318 g/mol. The summed E-state index contributed by atoms with van der Waals surface area (Å²) in [6.07, 6.45) is 0. The van der Waals surface area contributed by atoms with Gasteiger partial charge in [-0.2, -0.15) is 0 Å². The number of hydrogen-bond acceptors (Lipinski definition) is 3. The van der Waals surface area contributed by atoms with Crippen molar-refractivity contribution in [1.29, 1.82) is 0 Å². The molecule has 0 saturated carbocycles. The first-order valence-corrected chi connectivity index (χ1v) is 6.58. The van der Waals surface area contributed by atoms with Crippen molar-refractivity contribution in [3.63, 3.8) is 0 Å². The molecular weight excluding hydrogens is 307 g/mol. The van der Waals surface area contributed by atoms with Crippen molar-refractivity contribution in [3.05, 3.63) is 28.2 Å². The first-order chi connectivity index (χ1) is 9.49. The van der Waals surface area contributed by atoms with Crippen LogP contribution in [0.25, 0.3) is 0 Å². The zero-order valence-corrected chi connectivity index (χ0v) is 11.8. The zero-order valence-electron chi connectivity index (χ0n) is 10.3. The van der Waals surface area contributed by atoms with Gasteiger partial charge in [0.05, 0.1) is 23.9 Å². The third kappa shape index (κ3) is 3.33. The highest BCUT2D eigenvalue weighted by Gasteiger charge is 2.32. The Bertz CT molecular complexity index is 538. The summed E-state index contributed by atoms with van der Waals surface area (Å²) >= 11 is 11.7. The van der Waals surface area contributed by atoms with E-state index in [1.165, 1.54) is 11.0 Å². The average Bonchev–Trinajstić information content (AvgIpc) is 2.41. The molecule has 1 aliphatic heterocycles. The molecule has 1 aliphatic rings. The van der Waals surface area contributed by atoms with E-state index in [1.54, 1.807) is 12.1 Å². The second-order valence-corrected chi connectivity index (χ2v) is 5.02. The SMILES string of the molecule is O=C(O)C1COCCN1C(=O)Nc1ccc(Cl)cc1Cl. The number of ether oxygens (including phenoxy) is 1. The molecule has 2 rings (SSSR count). The van der Waals surface area contributed by atoms with E-state index in [0.29, 0.717) is 17.3 Å². The van der Waals surface area contributed by atoms with Crippen LogP contribution in [0.15, 0.2) is 18.2 Å². The molecule has 108 valence electrons. The number of nitrogens with zero attached hydrogens (tertiary/aromatic N) is 1. The van der Waals surface area contributed by atoms with E-state index in [-0.39, 0.29) is 18.2 Å². The molecule has 1 atom stereocenters. The van der Waals surface area contributed by atoms with Crippen LogP contribution in [0.3, 0.4) is 0 Å². The second kappa shape index (κ2) is 6.30. The summed E-state index contributed by atoms with van der Waals surface area (Å²) in [5.74, 6) is -1.11. The maximum Gasteiger partial charge on any atom is 0.328 e. The average molecular weight is 319 g/mol. The van der Waals surface area contributed by atoms with Gasteiger partial charge in [0.25, 0.3) is 0 Å². The maximum absolute atomic E-state index is 12.1. The van der Waals surface area contributed by atoms with Crippen LogP contribution in [-0.4, -0.2) is 47.8 Å². The lowest BCUT2D eigenvalue weighted by molar-refractivity contribution is -0.147. The molecule has 20 heavy (non-hydrogen) atoms. The lowest BCUT2D eigenvalue weighted by Crippen LogP contribution is -2.53. The Morgan fingerprint density at radius 3 is 2.80 bits per heavy atom. The quantitative estimate of drug-likeness (QED) is 0.877. The molecule has 6 nitrogen and oxygen atoms in total. The Morgan fingerprint density at radius 1 is 1.40 bits per heavy atom. The van der Waals surface area contributed by atoms with Crippen molar-refractivity contribution in [2.24, 2.45) is 0 Å². The molecule has 0 aromatic heterocycles. The van der Waals surface area contributed by atoms with Gasteiger partial charge in [-0.25, -0.2) is 9.59 Å². The molecule has 2 amide bonds. The van der Waals surface area contributed by atoms with Gasteiger partial charge in [0.1, 0.15) is 0 Å². The number of carboxylic acids is 1. The number of carbonyl (C=O) groups is 2. The van der Waals surface area contributed by atoms with Crippen LogP contribution in [0.1, 0.15) is 0 Å². The van der Waals surface area contributed by atoms with Crippen LogP contribution in [0, 0.1) is 0 Å². The summed E-state index contributed by atoms with van der Waals surface area (Å²) in [4.78, 5) is 24.4. The first kappa shape index (κ1) is 14.9. The molecule has 2 N–H and O–H groups in total. The van der Waals surface area contributed by atoms with Crippen LogP contribution >= 0.6 is 23.2 Å². The summed E-state index contributed by atoms with van der Waals surface area (Å²) in [6.45, 7) is 0.469. The van der Waals surface area contributed by atoms with E-state index in [0.717, 1.165) is 0 Å². The summed E-state index contributed by atoms with van der Waals surface area (Å²) in [7, 11) is 0. The van der Waals surface area contributed by atoms with Crippen molar-refractivity contribution in [2.75, 3.05) is 25.1 Å². The van der Waals surface area contributed by atoms with E-state index in [4.69, 9.17) is 33.0 Å². The summed E-state index contributed by atoms with van der Waals surface area (Å²) in [5.41, 5.74) is 0.372. The lowest BCUT2D eigenvalue weighted by Gasteiger charge is -2.32. The molecule has 0 radical (unpaired) electrons. The molecule has 1 saturated heterocycles. The first-order valence-electron chi connectivity index (χ1n) is 5.82. The number of carboxylic acid groups (broad SMARTS) is 1. The number of morpholine rings is 1. The van der Waals surface area contributed by atoms with Gasteiger partial charge in [-0.1, -0.05) is 23.2 Å². The molecule has 0 spiro atoms. The predicted octanol–water partition coefficient (Wildman–Crippen LogP) is 2.31. The molecule has 0 aliphatic carbocycles. The second-order valence-electron chi connectivity index (χ2n) is 4.18. The molecular formula is C12H12Cl2N2O4. The molecule has 1 unspecified atom stereocenters. The van der Waals surface area contributed by atoms with Gasteiger partial charge in [-0.3, -0.25) is 0 Å². The predicted molar refractivity (Wildman–Crippen MR) is 74.4 cm³/mol. The van der Waals surface area contributed by atoms with Crippen molar-refractivity contribution < 1.29 is 19.4 Å². The number of carbonyl (C=O) groups excluding carboxylic acids is 1. The molecule has 1 aromatic rings. The fraction of sp³-hybridized carbons (Fsp3) is 0.333. The Kier molecular flexibility index (Phi) is 4.69. The normalized spacial score (nSPS) is 18.7. The topological polar surface area (TPSA) is 78.9 Å². The zero-order chi connectivity index (χ0) is 14.7. The van der Waals surface area contributed by atoms with Crippen LogP contribution in [0.4, 0.5) is 10.5 Å². The third-order valence-electron chi connectivity index (χ3n) is 2.85. The molecule has 0 bridgehead atoms. The van der Waals surface area contributed by atoms with E-state index in [1.807, 2.05) is 0 Å². The van der Waals surface area contributed by atoms with E-state index in [9.17, 15) is 9.59 Å². The maximum atomic E-state index is 12.1. The van der Waals surface area contributed by atoms with Crippen LogP contribution < -0.4 is 5.32 Å². The molecule has 1 fully saturated rings. The minimum Gasteiger partial charge on any atom is -0.480 e. The number of rotatable bonds is 2. The lowest BCUT2D eigenvalue weighted by atomic mass is 10.2. The summed E-state index contributed by atoms with van der Waals surface area (Å²) in [5, 5.41) is 12.4. The fourth-order valence-electron chi connectivity index (χ4n) is 1.83. The smallest absolute Gasteiger partial charge is 0.328 e. The minimum atomic E-state index is -1.11. The van der Waals surface area contributed by atoms with Crippen LogP contribution in [0.2, 0.25) is 10.0 Å². The molecule has 1 heterocycles. The van der Waals surface area contributed by atoms with Crippen LogP contribution in [-0.2, 0) is 9.53 Å². The number of aliphatic carboxylic acids is 1. The van der Waals surface area contributed by atoms with Gasteiger partial charge in [0.2, 0.25) is 0 Å². The van der Waals surface area contributed by atoms with Gasteiger partial charge >= 0.3 is 12.0 Å². The number of hydrogen-bond donors (Lipinski definition) is 2. The third-order valence-corrected chi connectivity index (χ3v) is 3.39. The summed E-state index contributed by atoms with van der Waals surface area (Å²) in [6, 6.07) is 3.09. The van der Waals surface area contributed by atoms with Gasteiger partial charge in [-0.15, -0.1) is 0 Å². The number of nitrogens with one attached hydrogen (secondary N) is 1. The number of halogens is 2.